The number of fused-ring (bicyclic) bond motifs is 5. The normalized spacial score (nSPS) is 22.8. The molecule has 2 atom stereocenters. The van der Waals surface area contributed by atoms with Crippen molar-refractivity contribution < 1.29 is 4.79 Å². The molecule has 0 unspecified atom stereocenters. The molecular formula is C20H21N5O. The Balaban J connectivity index is 1.46. The topological polar surface area (TPSA) is 65.1 Å². The van der Waals surface area contributed by atoms with Crippen LogP contribution in [0, 0.1) is 5.92 Å². The minimum Gasteiger partial charge on any atom is -0.353 e. The molecule has 26 heavy (non-hydrogen) atoms. The number of hydrogen-bond donors (Lipinski definition) is 1. The molecular weight excluding hydrogens is 326 g/mol. The number of carbonyl (C=O) groups excluding carboxylic acids is 1. The SMILES string of the molecule is O=C1[C@@H]2CC[C@@H](CN(c3ncnc4[nH]ccc34)C2)N1Cc1ccccc1. The highest BCUT2D eigenvalue weighted by Crippen LogP contribution is 2.33. The number of nitrogens with one attached hydrogen (secondary N) is 1. The molecule has 5 heterocycles. The number of hydrogen-bond acceptors (Lipinski definition) is 4. The maximum Gasteiger partial charge on any atom is 0.228 e. The van der Waals surface area contributed by atoms with Gasteiger partial charge in [0.2, 0.25) is 5.91 Å². The fraction of sp³-hybridized carbons (Fsp3) is 0.350. The Morgan fingerprint density at radius 3 is 2.85 bits per heavy atom. The van der Waals surface area contributed by atoms with Crippen LogP contribution in [0.5, 0.6) is 0 Å². The summed E-state index contributed by atoms with van der Waals surface area (Å²) in [7, 11) is 0. The number of piperidine rings is 1. The number of aromatic nitrogens is 3. The summed E-state index contributed by atoms with van der Waals surface area (Å²) in [5.74, 6) is 1.26. The quantitative estimate of drug-likeness (QED) is 0.791. The van der Waals surface area contributed by atoms with E-state index in [9.17, 15) is 4.79 Å². The van der Waals surface area contributed by atoms with Crippen LogP contribution in [0.2, 0.25) is 0 Å². The van der Waals surface area contributed by atoms with Crippen molar-refractivity contribution in [1.82, 2.24) is 19.9 Å². The van der Waals surface area contributed by atoms with Gasteiger partial charge in [-0.25, -0.2) is 9.97 Å². The van der Waals surface area contributed by atoms with Gasteiger partial charge in [-0.2, -0.15) is 0 Å². The van der Waals surface area contributed by atoms with Gasteiger partial charge in [-0.3, -0.25) is 4.79 Å². The first-order chi connectivity index (χ1) is 12.8. The van der Waals surface area contributed by atoms with Crippen LogP contribution in [0.15, 0.2) is 48.9 Å². The highest BCUT2D eigenvalue weighted by Gasteiger charge is 2.41. The third-order valence-electron chi connectivity index (χ3n) is 5.62. The van der Waals surface area contributed by atoms with E-state index in [0.29, 0.717) is 6.54 Å². The molecule has 2 bridgehead atoms. The summed E-state index contributed by atoms with van der Waals surface area (Å²) in [6.07, 6.45) is 5.51. The van der Waals surface area contributed by atoms with Crippen molar-refractivity contribution in [2.75, 3.05) is 18.0 Å². The third-order valence-corrected chi connectivity index (χ3v) is 5.62. The molecule has 0 aliphatic carbocycles. The van der Waals surface area contributed by atoms with E-state index in [1.807, 2.05) is 30.5 Å². The number of amides is 1. The lowest BCUT2D eigenvalue weighted by molar-refractivity contribution is -0.140. The summed E-state index contributed by atoms with van der Waals surface area (Å²) in [4.78, 5) is 29.4. The van der Waals surface area contributed by atoms with Crippen molar-refractivity contribution in [3.05, 3.63) is 54.5 Å². The Morgan fingerprint density at radius 2 is 1.96 bits per heavy atom. The summed E-state index contributed by atoms with van der Waals surface area (Å²) in [5.41, 5.74) is 2.04. The van der Waals surface area contributed by atoms with E-state index in [0.717, 1.165) is 42.8 Å². The number of nitrogens with zero attached hydrogens (tertiary/aromatic N) is 4. The minimum absolute atomic E-state index is 0.0430. The molecule has 3 saturated heterocycles. The largest absolute Gasteiger partial charge is 0.353 e. The molecule has 3 aromatic rings. The zero-order valence-electron chi connectivity index (χ0n) is 14.5. The van der Waals surface area contributed by atoms with E-state index in [1.54, 1.807) is 6.33 Å². The lowest BCUT2D eigenvalue weighted by Crippen LogP contribution is -2.47. The van der Waals surface area contributed by atoms with E-state index in [4.69, 9.17) is 0 Å². The number of anilines is 1. The Hall–Kier alpha value is -2.89. The van der Waals surface area contributed by atoms with Crippen molar-refractivity contribution in [2.24, 2.45) is 5.92 Å². The first kappa shape index (κ1) is 15.4. The zero-order valence-corrected chi connectivity index (χ0v) is 14.5. The van der Waals surface area contributed by atoms with Gasteiger partial charge in [0, 0.05) is 31.9 Å². The predicted molar refractivity (Wildman–Crippen MR) is 99.6 cm³/mol. The molecule has 1 aromatic carbocycles. The predicted octanol–water partition coefficient (Wildman–Crippen LogP) is 2.59. The van der Waals surface area contributed by atoms with E-state index < -0.39 is 0 Å². The second-order valence-electron chi connectivity index (χ2n) is 7.22. The minimum atomic E-state index is 0.0430. The number of aromatic amines is 1. The van der Waals surface area contributed by atoms with Gasteiger partial charge in [-0.15, -0.1) is 0 Å². The van der Waals surface area contributed by atoms with Crippen LogP contribution in [-0.2, 0) is 11.3 Å². The molecule has 0 saturated carbocycles. The first-order valence-corrected chi connectivity index (χ1v) is 9.17. The first-order valence-electron chi connectivity index (χ1n) is 9.17. The lowest BCUT2D eigenvalue weighted by Gasteiger charge is -2.36. The molecule has 0 radical (unpaired) electrons. The Labute approximate surface area is 151 Å². The van der Waals surface area contributed by atoms with Gasteiger partial charge < -0.3 is 14.8 Å². The molecule has 2 aromatic heterocycles. The monoisotopic (exact) mass is 347 g/mol. The van der Waals surface area contributed by atoms with Gasteiger partial charge in [0.1, 0.15) is 17.8 Å². The highest BCUT2D eigenvalue weighted by atomic mass is 16.2. The summed E-state index contributed by atoms with van der Waals surface area (Å²) >= 11 is 0. The highest BCUT2D eigenvalue weighted by molar-refractivity contribution is 5.88. The Kier molecular flexibility index (Phi) is 3.62. The molecule has 6 heteroatoms. The smallest absolute Gasteiger partial charge is 0.228 e. The molecule has 6 nitrogen and oxygen atoms in total. The molecule has 0 spiro atoms. The average Bonchev–Trinajstić information content (AvgIpc) is 3.00. The summed E-state index contributed by atoms with van der Waals surface area (Å²) in [5, 5.41) is 1.02. The van der Waals surface area contributed by atoms with Gasteiger partial charge >= 0.3 is 0 Å². The summed E-state index contributed by atoms with van der Waals surface area (Å²) < 4.78 is 0. The van der Waals surface area contributed by atoms with Crippen molar-refractivity contribution in [2.45, 2.75) is 25.4 Å². The standard InChI is InChI=1S/C20H21N5O/c26-20-15-6-7-16(25(20)10-14-4-2-1-3-5-14)12-24(11-15)19-17-8-9-21-18(17)22-13-23-19/h1-5,8-9,13,15-16H,6-7,10-12H2,(H,21,22,23)/t15-,16+/m1/s1. The van der Waals surface area contributed by atoms with Crippen LogP contribution in [0.25, 0.3) is 11.0 Å². The Bertz CT molecular complexity index is 938. The number of rotatable bonds is 3. The second-order valence-corrected chi connectivity index (χ2v) is 7.22. The van der Waals surface area contributed by atoms with Crippen molar-refractivity contribution in [3.63, 3.8) is 0 Å². The van der Waals surface area contributed by atoms with Crippen LogP contribution in [0.4, 0.5) is 5.82 Å². The number of H-pyrrole nitrogens is 1. The Morgan fingerprint density at radius 1 is 1.08 bits per heavy atom. The van der Waals surface area contributed by atoms with Crippen LogP contribution in [0.3, 0.4) is 0 Å². The molecule has 3 fully saturated rings. The van der Waals surface area contributed by atoms with E-state index in [2.05, 4.69) is 36.9 Å². The van der Waals surface area contributed by atoms with E-state index >= 15 is 0 Å². The van der Waals surface area contributed by atoms with Gasteiger partial charge in [0.25, 0.3) is 0 Å². The molecule has 6 rings (SSSR count). The fourth-order valence-electron chi connectivity index (χ4n) is 4.31. The van der Waals surface area contributed by atoms with Gasteiger partial charge in [-0.05, 0) is 24.5 Å². The third kappa shape index (κ3) is 2.53. The fourth-order valence-corrected chi connectivity index (χ4v) is 4.31. The van der Waals surface area contributed by atoms with Crippen LogP contribution in [-0.4, -0.2) is 44.9 Å². The zero-order chi connectivity index (χ0) is 17.5. The van der Waals surface area contributed by atoms with Gasteiger partial charge in [0.05, 0.1) is 11.3 Å². The second kappa shape index (κ2) is 6.12. The molecule has 1 amide bonds. The van der Waals surface area contributed by atoms with Crippen molar-refractivity contribution in [3.8, 4) is 0 Å². The van der Waals surface area contributed by atoms with Crippen molar-refractivity contribution in [1.29, 1.82) is 0 Å². The van der Waals surface area contributed by atoms with Crippen molar-refractivity contribution >= 4 is 22.8 Å². The van der Waals surface area contributed by atoms with E-state index in [-0.39, 0.29) is 17.9 Å². The van der Waals surface area contributed by atoms with Crippen LogP contribution in [0.1, 0.15) is 18.4 Å². The number of carbonyl (C=O) groups is 1. The van der Waals surface area contributed by atoms with E-state index in [1.165, 1.54) is 5.56 Å². The van der Waals surface area contributed by atoms with Gasteiger partial charge in [-0.1, -0.05) is 30.3 Å². The van der Waals surface area contributed by atoms with Crippen LogP contribution >= 0.6 is 0 Å². The lowest BCUT2D eigenvalue weighted by atomic mass is 9.93. The van der Waals surface area contributed by atoms with Gasteiger partial charge in [0.15, 0.2) is 0 Å². The van der Waals surface area contributed by atoms with Crippen LogP contribution < -0.4 is 4.90 Å². The average molecular weight is 347 g/mol. The maximum absolute atomic E-state index is 13.1. The molecule has 3 aliphatic heterocycles. The molecule has 132 valence electrons. The molecule has 1 N–H and O–H groups in total. The number of benzene rings is 1. The summed E-state index contributed by atoms with van der Waals surface area (Å²) in [6, 6.07) is 12.5. The molecule has 3 aliphatic rings. The summed E-state index contributed by atoms with van der Waals surface area (Å²) in [6.45, 7) is 2.25. The maximum atomic E-state index is 13.1.